The summed E-state index contributed by atoms with van der Waals surface area (Å²) in [6.07, 6.45) is 3.11. The van der Waals surface area contributed by atoms with Crippen molar-refractivity contribution in [3.05, 3.63) is 35.9 Å². The highest BCUT2D eigenvalue weighted by Crippen LogP contribution is 2.28. The van der Waals surface area contributed by atoms with E-state index < -0.39 is 0 Å². The van der Waals surface area contributed by atoms with Gasteiger partial charge in [-0.15, -0.1) is 0 Å². The molecule has 0 aromatic heterocycles. The minimum atomic E-state index is -0.0762. The predicted octanol–water partition coefficient (Wildman–Crippen LogP) is 2.49. The normalized spacial score (nSPS) is 20.6. The summed E-state index contributed by atoms with van der Waals surface area (Å²) in [5.41, 5.74) is 1.28. The molecule has 0 aliphatic carbocycles. The maximum absolute atomic E-state index is 10.9. The highest BCUT2D eigenvalue weighted by atomic mass is 16.1. The Balaban J connectivity index is 1.88. The van der Waals surface area contributed by atoms with Gasteiger partial charge in [0.2, 0.25) is 0 Å². The van der Waals surface area contributed by atoms with Crippen LogP contribution in [-0.2, 0) is 11.3 Å². The first-order valence-electron chi connectivity index (χ1n) is 5.94. The van der Waals surface area contributed by atoms with Gasteiger partial charge in [0, 0.05) is 12.0 Å². The van der Waals surface area contributed by atoms with Gasteiger partial charge >= 0.3 is 0 Å². The van der Waals surface area contributed by atoms with Crippen molar-refractivity contribution in [2.24, 2.45) is 5.41 Å². The van der Waals surface area contributed by atoms with E-state index in [2.05, 4.69) is 36.1 Å². The van der Waals surface area contributed by atoms with Crippen molar-refractivity contribution < 1.29 is 4.79 Å². The van der Waals surface area contributed by atoms with Crippen LogP contribution in [0.2, 0.25) is 0 Å². The molecule has 2 nitrogen and oxygen atoms in total. The van der Waals surface area contributed by atoms with Crippen LogP contribution in [0.5, 0.6) is 0 Å². The smallest absolute Gasteiger partial charge is 0.125 e. The van der Waals surface area contributed by atoms with Crippen molar-refractivity contribution >= 4 is 6.29 Å². The molecule has 1 heterocycles. The highest BCUT2D eigenvalue weighted by molar-refractivity contribution is 5.58. The first-order chi connectivity index (χ1) is 7.72. The fraction of sp³-hybridized carbons (Fsp3) is 0.500. The molecule has 0 bridgehead atoms. The van der Waals surface area contributed by atoms with Crippen molar-refractivity contribution in [3.8, 4) is 0 Å². The van der Waals surface area contributed by atoms with Crippen LogP contribution in [0.1, 0.15) is 25.3 Å². The first kappa shape index (κ1) is 11.3. The third kappa shape index (κ3) is 2.70. The molecule has 2 rings (SSSR count). The number of carbonyl (C=O) groups excluding carboxylic acids is 1. The number of hydrogen-bond donors (Lipinski definition) is 0. The van der Waals surface area contributed by atoms with Crippen molar-refractivity contribution in [3.63, 3.8) is 0 Å². The molecule has 1 fully saturated rings. The molecular weight excluding hydrogens is 198 g/mol. The zero-order chi connectivity index (χ0) is 11.4. The Morgan fingerprint density at radius 1 is 1.25 bits per heavy atom. The maximum atomic E-state index is 10.9. The number of likely N-dealkylation sites (tertiary alicyclic amines) is 1. The van der Waals surface area contributed by atoms with E-state index in [1.54, 1.807) is 0 Å². The summed E-state index contributed by atoms with van der Waals surface area (Å²) in [4.78, 5) is 13.4. The third-order valence-electron chi connectivity index (χ3n) is 3.53. The number of aldehydes is 1. The van der Waals surface area contributed by atoms with Crippen LogP contribution in [-0.4, -0.2) is 24.3 Å². The largest absolute Gasteiger partial charge is 0.303 e. The molecule has 1 aliphatic heterocycles. The van der Waals surface area contributed by atoms with Crippen LogP contribution in [0.3, 0.4) is 0 Å². The van der Waals surface area contributed by atoms with Gasteiger partial charge in [0.05, 0.1) is 0 Å². The second-order valence-electron chi connectivity index (χ2n) is 5.03. The highest BCUT2D eigenvalue weighted by Gasteiger charge is 2.29. The summed E-state index contributed by atoms with van der Waals surface area (Å²) >= 11 is 0. The molecule has 86 valence electrons. The lowest BCUT2D eigenvalue weighted by atomic mass is 9.82. The van der Waals surface area contributed by atoms with E-state index in [1.165, 1.54) is 5.56 Å². The van der Waals surface area contributed by atoms with Crippen molar-refractivity contribution in [2.75, 3.05) is 13.1 Å². The molecule has 16 heavy (non-hydrogen) atoms. The number of hydrogen-bond acceptors (Lipinski definition) is 2. The summed E-state index contributed by atoms with van der Waals surface area (Å²) in [5, 5.41) is 0. The van der Waals surface area contributed by atoms with Crippen molar-refractivity contribution in [2.45, 2.75) is 26.3 Å². The molecule has 1 saturated heterocycles. The fourth-order valence-electron chi connectivity index (χ4n) is 2.18. The van der Waals surface area contributed by atoms with Crippen LogP contribution in [0.4, 0.5) is 0 Å². The standard InChI is InChI=1S/C14H19NO/c1-14(12-16)7-9-15(10-8-14)11-13-5-3-2-4-6-13/h2-6,12H,7-11H2,1H3. The monoisotopic (exact) mass is 217 g/mol. The average Bonchev–Trinajstić information content (AvgIpc) is 2.34. The van der Waals surface area contributed by atoms with Gasteiger partial charge in [-0.25, -0.2) is 0 Å². The zero-order valence-corrected chi connectivity index (χ0v) is 9.86. The number of benzene rings is 1. The summed E-state index contributed by atoms with van der Waals surface area (Å²) < 4.78 is 0. The molecule has 2 heteroatoms. The average molecular weight is 217 g/mol. The Bertz CT molecular complexity index is 339. The summed E-state index contributed by atoms with van der Waals surface area (Å²) in [5.74, 6) is 0. The predicted molar refractivity (Wildman–Crippen MR) is 65.1 cm³/mol. The lowest BCUT2D eigenvalue weighted by Crippen LogP contribution is -2.38. The van der Waals surface area contributed by atoms with Crippen molar-refractivity contribution in [1.29, 1.82) is 0 Å². The molecule has 0 spiro atoms. The van der Waals surface area contributed by atoms with E-state index in [9.17, 15) is 4.79 Å². The number of rotatable bonds is 3. The topological polar surface area (TPSA) is 20.3 Å². The van der Waals surface area contributed by atoms with Gasteiger partial charge in [-0.1, -0.05) is 37.3 Å². The Kier molecular flexibility index (Phi) is 3.39. The summed E-state index contributed by atoms with van der Waals surface area (Å²) in [6.45, 7) is 5.14. The minimum absolute atomic E-state index is 0.0762. The number of piperidine rings is 1. The molecule has 0 amide bonds. The van der Waals surface area contributed by atoms with Gasteiger partial charge in [-0.3, -0.25) is 4.90 Å². The third-order valence-corrected chi connectivity index (χ3v) is 3.53. The molecule has 1 aromatic carbocycles. The second-order valence-corrected chi connectivity index (χ2v) is 5.03. The number of carbonyl (C=O) groups is 1. The van der Waals surface area contributed by atoms with Gasteiger partial charge in [0.1, 0.15) is 6.29 Å². The quantitative estimate of drug-likeness (QED) is 0.725. The van der Waals surface area contributed by atoms with Gasteiger partial charge in [-0.2, -0.15) is 0 Å². The van der Waals surface area contributed by atoms with Gasteiger partial charge in [0.15, 0.2) is 0 Å². The Morgan fingerprint density at radius 2 is 1.88 bits per heavy atom. The first-order valence-corrected chi connectivity index (χ1v) is 5.94. The summed E-state index contributed by atoms with van der Waals surface area (Å²) in [7, 11) is 0. The van der Waals surface area contributed by atoms with E-state index in [1.807, 2.05) is 6.07 Å². The second kappa shape index (κ2) is 4.79. The maximum Gasteiger partial charge on any atom is 0.125 e. The lowest BCUT2D eigenvalue weighted by molar-refractivity contribution is -0.117. The molecule has 0 saturated carbocycles. The van der Waals surface area contributed by atoms with E-state index in [4.69, 9.17) is 0 Å². The van der Waals surface area contributed by atoms with Crippen LogP contribution < -0.4 is 0 Å². The van der Waals surface area contributed by atoms with Crippen molar-refractivity contribution in [1.82, 2.24) is 4.90 Å². The molecule has 0 N–H and O–H groups in total. The molecule has 1 aromatic rings. The van der Waals surface area contributed by atoms with Crippen LogP contribution >= 0.6 is 0 Å². The number of nitrogens with zero attached hydrogens (tertiary/aromatic N) is 1. The molecular formula is C14H19NO. The Hall–Kier alpha value is -1.15. The zero-order valence-electron chi connectivity index (χ0n) is 9.86. The van der Waals surface area contributed by atoms with Gasteiger partial charge in [-0.05, 0) is 31.5 Å². The van der Waals surface area contributed by atoms with E-state index in [0.717, 1.165) is 38.8 Å². The minimum Gasteiger partial charge on any atom is -0.303 e. The van der Waals surface area contributed by atoms with E-state index in [0.29, 0.717) is 0 Å². The Labute approximate surface area is 97.3 Å². The van der Waals surface area contributed by atoms with Crippen LogP contribution in [0, 0.1) is 5.41 Å². The molecule has 0 atom stereocenters. The molecule has 1 aliphatic rings. The van der Waals surface area contributed by atoms with E-state index in [-0.39, 0.29) is 5.41 Å². The molecule has 0 unspecified atom stereocenters. The van der Waals surface area contributed by atoms with Crippen LogP contribution in [0.15, 0.2) is 30.3 Å². The molecule has 0 radical (unpaired) electrons. The van der Waals surface area contributed by atoms with Gasteiger partial charge in [0.25, 0.3) is 0 Å². The fourth-order valence-corrected chi connectivity index (χ4v) is 2.18. The lowest BCUT2D eigenvalue weighted by Gasteiger charge is -2.35. The van der Waals surface area contributed by atoms with E-state index >= 15 is 0 Å². The SMILES string of the molecule is CC1(C=O)CCN(Cc2ccccc2)CC1. The summed E-state index contributed by atoms with van der Waals surface area (Å²) in [6, 6.07) is 10.5. The Morgan fingerprint density at radius 3 is 2.44 bits per heavy atom. The van der Waals surface area contributed by atoms with Crippen LogP contribution in [0.25, 0.3) is 0 Å². The van der Waals surface area contributed by atoms with Gasteiger partial charge < -0.3 is 4.79 Å².